The third-order valence-corrected chi connectivity index (χ3v) is 6.11. The third kappa shape index (κ3) is 5.60. The summed E-state index contributed by atoms with van der Waals surface area (Å²) in [5.41, 5.74) is 1.49. The number of benzene rings is 2. The Labute approximate surface area is 197 Å². The van der Waals surface area contributed by atoms with Gasteiger partial charge in [0.05, 0.1) is 29.2 Å². The molecule has 0 radical (unpaired) electrons. The fourth-order valence-corrected chi connectivity index (χ4v) is 4.30. The zero-order valence-electron chi connectivity index (χ0n) is 16.1. The van der Waals surface area contributed by atoms with Gasteiger partial charge in [-0.05, 0) is 42.8 Å². The van der Waals surface area contributed by atoms with Crippen LogP contribution in [-0.2, 0) is 9.53 Å². The van der Waals surface area contributed by atoms with Crippen LogP contribution in [0.3, 0.4) is 0 Å². The van der Waals surface area contributed by atoms with Crippen molar-refractivity contribution < 1.29 is 19.4 Å². The summed E-state index contributed by atoms with van der Waals surface area (Å²) in [5.74, 6) is -1.72. The van der Waals surface area contributed by atoms with Crippen LogP contribution in [0.1, 0.15) is 22.2 Å². The zero-order chi connectivity index (χ0) is 22.5. The van der Waals surface area contributed by atoms with Crippen LogP contribution in [0.4, 0.5) is 5.69 Å². The highest BCUT2D eigenvalue weighted by atomic mass is 35.5. The number of amides is 1. The van der Waals surface area contributed by atoms with E-state index in [4.69, 9.17) is 39.5 Å². The van der Waals surface area contributed by atoms with Crippen molar-refractivity contribution in [3.63, 3.8) is 0 Å². The van der Waals surface area contributed by atoms with E-state index in [1.165, 1.54) is 12.3 Å². The average molecular weight is 497 g/mol. The second-order valence-electron chi connectivity index (χ2n) is 6.23. The molecule has 0 saturated heterocycles. The van der Waals surface area contributed by atoms with Gasteiger partial charge < -0.3 is 15.2 Å². The summed E-state index contributed by atoms with van der Waals surface area (Å²) in [6.45, 7) is 2.11. The molecule has 3 rings (SSSR count). The van der Waals surface area contributed by atoms with Gasteiger partial charge in [-0.15, -0.1) is 11.3 Å². The summed E-state index contributed by atoms with van der Waals surface area (Å²) in [6, 6.07) is 13.3. The molecule has 0 atom stereocenters. The number of nitrogens with one attached hydrogen (secondary N) is 1. The lowest BCUT2D eigenvalue weighted by molar-refractivity contribution is -0.111. The second kappa shape index (κ2) is 10.2. The minimum Gasteiger partial charge on any atom is -0.501 e. The lowest BCUT2D eigenvalue weighted by Gasteiger charge is -2.11. The number of carbonyl (C=O) groups excluding carboxylic acids is 1. The molecule has 5 nitrogen and oxygen atoms in total. The van der Waals surface area contributed by atoms with Gasteiger partial charge in [-0.1, -0.05) is 53.0 Å². The number of carboxylic acids is 1. The van der Waals surface area contributed by atoms with Crippen molar-refractivity contribution in [1.29, 1.82) is 0 Å². The summed E-state index contributed by atoms with van der Waals surface area (Å²) in [6.07, 6.45) is 1.29. The highest BCUT2D eigenvalue weighted by molar-refractivity contribution is 7.18. The molecular formula is C22H16Cl3NO4S. The molecule has 0 aliphatic rings. The number of thiophene rings is 1. The third-order valence-electron chi connectivity index (χ3n) is 4.14. The van der Waals surface area contributed by atoms with Gasteiger partial charge in [-0.25, -0.2) is 4.79 Å². The number of hydrogen-bond acceptors (Lipinski definition) is 4. The Morgan fingerprint density at radius 3 is 2.35 bits per heavy atom. The molecule has 0 fully saturated rings. The van der Waals surface area contributed by atoms with E-state index in [0.29, 0.717) is 27.1 Å². The fraction of sp³-hybridized carbons (Fsp3) is 0.0909. The first-order valence-corrected chi connectivity index (χ1v) is 11.0. The predicted molar refractivity (Wildman–Crippen MR) is 126 cm³/mol. The topological polar surface area (TPSA) is 75.6 Å². The zero-order valence-corrected chi connectivity index (χ0v) is 19.2. The predicted octanol–water partition coefficient (Wildman–Crippen LogP) is 7.09. The van der Waals surface area contributed by atoms with E-state index < -0.39 is 11.9 Å². The average Bonchev–Trinajstić information content (AvgIpc) is 3.14. The minimum atomic E-state index is -1.15. The number of rotatable bonds is 7. The van der Waals surface area contributed by atoms with Gasteiger partial charge in [0.1, 0.15) is 4.88 Å². The van der Waals surface area contributed by atoms with Crippen molar-refractivity contribution in [2.45, 2.75) is 6.92 Å². The number of hydrogen-bond donors (Lipinski definition) is 2. The minimum absolute atomic E-state index is 0.00346. The van der Waals surface area contributed by atoms with Crippen molar-refractivity contribution in [2.24, 2.45) is 0 Å². The van der Waals surface area contributed by atoms with Crippen LogP contribution >= 0.6 is 46.1 Å². The Morgan fingerprint density at radius 2 is 1.74 bits per heavy atom. The van der Waals surface area contributed by atoms with Crippen molar-refractivity contribution in [3.8, 4) is 10.4 Å². The maximum Gasteiger partial charge on any atom is 0.348 e. The Bertz CT molecular complexity index is 1160. The standard InChI is InChI=1S/C22H16Cl3NO4S/c1-2-30-11-16(15-8-7-14(24)9-17(15)25)21(27)26-18-10-19(31-20(18)22(28)29)12-3-5-13(23)6-4-12/h3-11H,2H2,1H3,(H,26,27)(H,28,29). The van der Waals surface area contributed by atoms with Gasteiger partial charge in [0, 0.05) is 20.5 Å². The molecule has 9 heteroatoms. The maximum absolute atomic E-state index is 13.1. The van der Waals surface area contributed by atoms with Crippen LogP contribution in [0.15, 0.2) is 54.8 Å². The largest absolute Gasteiger partial charge is 0.501 e. The fourth-order valence-electron chi connectivity index (χ4n) is 2.70. The van der Waals surface area contributed by atoms with Crippen LogP contribution in [-0.4, -0.2) is 23.6 Å². The number of anilines is 1. The van der Waals surface area contributed by atoms with Crippen LogP contribution in [0, 0.1) is 0 Å². The highest BCUT2D eigenvalue weighted by Crippen LogP contribution is 2.36. The van der Waals surface area contributed by atoms with E-state index in [2.05, 4.69) is 5.32 Å². The van der Waals surface area contributed by atoms with Gasteiger partial charge >= 0.3 is 5.97 Å². The van der Waals surface area contributed by atoms with Crippen LogP contribution in [0.25, 0.3) is 16.0 Å². The number of aromatic carboxylic acids is 1. The molecule has 3 aromatic rings. The second-order valence-corrected chi connectivity index (χ2v) is 8.56. The van der Waals surface area contributed by atoms with E-state index in [9.17, 15) is 14.7 Å². The molecular weight excluding hydrogens is 481 g/mol. The van der Waals surface area contributed by atoms with E-state index >= 15 is 0 Å². The van der Waals surface area contributed by atoms with Gasteiger partial charge in [0.2, 0.25) is 0 Å². The van der Waals surface area contributed by atoms with Crippen LogP contribution in [0.5, 0.6) is 0 Å². The van der Waals surface area contributed by atoms with Gasteiger partial charge in [-0.2, -0.15) is 0 Å². The van der Waals surface area contributed by atoms with Crippen molar-refractivity contribution >= 4 is 69.3 Å². The first-order valence-electron chi connectivity index (χ1n) is 9.01. The Morgan fingerprint density at radius 1 is 1.06 bits per heavy atom. The number of carbonyl (C=O) groups is 2. The lowest BCUT2D eigenvalue weighted by Crippen LogP contribution is -2.15. The molecule has 31 heavy (non-hydrogen) atoms. The monoisotopic (exact) mass is 495 g/mol. The smallest absolute Gasteiger partial charge is 0.348 e. The number of halogens is 3. The molecule has 0 saturated carbocycles. The first-order chi connectivity index (χ1) is 14.8. The van der Waals surface area contributed by atoms with Crippen LogP contribution < -0.4 is 5.32 Å². The SMILES string of the molecule is CCOC=C(C(=O)Nc1cc(-c2ccc(Cl)cc2)sc1C(=O)O)c1ccc(Cl)cc1Cl. The molecule has 160 valence electrons. The molecule has 2 aromatic carbocycles. The van der Waals surface area contributed by atoms with E-state index in [0.717, 1.165) is 16.9 Å². The molecule has 0 spiro atoms. The van der Waals surface area contributed by atoms with Crippen molar-refractivity contribution in [3.05, 3.63) is 80.3 Å². The molecule has 0 unspecified atom stereocenters. The summed E-state index contributed by atoms with van der Waals surface area (Å²) in [5, 5.41) is 13.5. The molecule has 1 heterocycles. The Hall–Kier alpha value is -2.51. The number of ether oxygens (including phenoxy) is 1. The van der Waals surface area contributed by atoms with Crippen molar-refractivity contribution in [1.82, 2.24) is 0 Å². The molecule has 0 bridgehead atoms. The van der Waals surface area contributed by atoms with Gasteiger partial charge in [-0.3, -0.25) is 4.79 Å². The van der Waals surface area contributed by atoms with Gasteiger partial charge in [0.25, 0.3) is 5.91 Å². The first kappa shape index (κ1) is 23.2. The van der Waals surface area contributed by atoms with Crippen molar-refractivity contribution in [2.75, 3.05) is 11.9 Å². The van der Waals surface area contributed by atoms with E-state index in [-0.39, 0.29) is 21.2 Å². The molecule has 2 N–H and O–H groups in total. The quantitative estimate of drug-likeness (QED) is 0.270. The number of carboxylic acid groups (broad SMARTS) is 1. The molecule has 0 aliphatic carbocycles. The van der Waals surface area contributed by atoms with E-state index in [1.54, 1.807) is 49.4 Å². The maximum atomic E-state index is 13.1. The van der Waals surface area contributed by atoms with E-state index in [1.807, 2.05) is 0 Å². The summed E-state index contributed by atoms with van der Waals surface area (Å²) >= 11 is 19.2. The molecule has 1 amide bonds. The van der Waals surface area contributed by atoms with Gasteiger partial charge in [0.15, 0.2) is 0 Å². The molecule has 1 aromatic heterocycles. The summed E-state index contributed by atoms with van der Waals surface area (Å²) in [4.78, 5) is 25.5. The summed E-state index contributed by atoms with van der Waals surface area (Å²) in [7, 11) is 0. The Kier molecular flexibility index (Phi) is 7.62. The Balaban J connectivity index is 1.97. The van der Waals surface area contributed by atoms with Crippen LogP contribution in [0.2, 0.25) is 15.1 Å². The highest BCUT2D eigenvalue weighted by Gasteiger charge is 2.22. The molecule has 0 aliphatic heterocycles. The normalized spacial score (nSPS) is 11.3. The summed E-state index contributed by atoms with van der Waals surface area (Å²) < 4.78 is 5.32. The lowest BCUT2D eigenvalue weighted by atomic mass is 10.1.